The third-order valence-electron chi connectivity index (χ3n) is 3.46. The van der Waals surface area contributed by atoms with E-state index in [2.05, 4.69) is 12.2 Å². The summed E-state index contributed by atoms with van der Waals surface area (Å²) in [6.07, 6.45) is -1.44. The molecule has 2 aromatic carbocycles. The fraction of sp³-hybridized carbons (Fsp3) is 0.278. The minimum absolute atomic E-state index is 0.0150. The Balaban J connectivity index is 2.13. The molecule has 0 aromatic heterocycles. The van der Waals surface area contributed by atoms with Crippen LogP contribution in [0.4, 0.5) is 18.9 Å². The average Bonchev–Trinajstić information content (AvgIpc) is 2.52. The predicted molar refractivity (Wildman–Crippen MR) is 84.5 cm³/mol. The Kier molecular flexibility index (Phi) is 5.42. The van der Waals surface area contributed by atoms with Gasteiger partial charge in [-0.05, 0) is 48.7 Å². The fourth-order valence-electron chi connectivity index (χ4n) is 2.23. The van der Waals surface area contributed by atoms with E-state index in [4.69, 9.17) is 0 Å². The van der Waals surface area contributed by atoms with Crippen LogP contribution in [0.1, 0.15) is 41.3 Å². The fourth-order valence-corrected chi connectivity index (χ4v) is 2.23. The number of nitrogens with one attached hydrogen (secondary N) is 1. The van der Waals surface area contributed by atoms with Crippen molar-refractivity contribution in [2.45, 2.75) is 32.4 Å². The van der Waals surface area contributed by atoms with Gasteiger partial charge in [0.2, 0.25) is 0 Å². The molecule has 0 heterocycles. The highest BCUT2D eigenvalue weighted by Crippen LogP contribution is 2.29. The van der Waals surface area contributed by atoms with Gasteiger partial charge in [-0.3, -0.25) is 4.79 Å². The monoisotopic (exact) mass is 321 g/mol. The molecule has 1 amide bonds. The molecule has 122 valence electrons. The molecule has 0 aliphatic heterocycles. The molecule has 2 nitrogen and oxygen atoms in total. The maximum Gasteiger partial charge on any atom is 0.416 e. The maximum atomic E-state index is 12.7. The number of carbonyl (C=O) groups is 1. The second-order valence-corrected chi connectivity index (χ2v) is 5.34. The predicted octanol–water partition coefficient (Wildman–Crippen LogP) is 5.30. The highest BCUT2D eigenvalue weighted by Gasteiger charge is 2.30. The summed E-state index contributed by atoms with van der Waals surface area (Å²) < 4.78 is 38.1. The van der Waals surface area contributed by atoms with Gasteiger partial charge in [-0.2, -0.15) is 13.2 Å². The van der Waals surface area contributed by atoms with E-state index in [9.17, 15) is 18.0 Å². The van der Waals surface area contributed by atoms with Crippen molar-refractivity contribution in [3.05, 3.63) is 65.2 Å². The summed E-state index contributed by atoms with van der Waals surface area (Å²) in [6, 6.07) is 11.8. The Morgan fingerprint density at radius 1 is 1.09 bits per heavy atom. The van der Waals surface area contributed by atoms with Crippen molar-refractivity contribution >= 4 is 11.6 Å². The van der Waals surface area contributed by atoms with Crippen molar-refractivity contribution in [2.75, 3.05) is 5.32 Å². The van der Waals surface area contributed by atoms with Crippen molar-refractivity contribution in [1.29, 1.82) is 0 Å². The van der Waals surface area contributed by atoms with Crippen LogP contribution in [0.2, 0.25) is 0 Å². The summed E-state index contributed by atoms with van der Waals surface area (Å²) in [5, 5.41) is 2.65. The molecular formula is C18H18F3NO. The molecule has 23 heavy (non-hydrogen) atoms. The van der Waals surface area contributed by atoms with Crippen LogP contribution < -0.4 is 5.32 Å². The second kappa shape index (κ2) is 7.31. The van der Waals surface area contributed by atoms with Crippen LogP contribution in [0.3, 0.4) is 0 Å². The van der Waals surface area contributed by atoms with E-state index in [-0.39, 0.29) is 5.56 Å². The topological polar surface area (TPSA) is 29.1 Å². The number of rotatable bonds is 5. The van der Waals surface area contributed by atoms with E-state index in [1.54, 1.807) is 6.07 Å². The van der Waals surface area contributed by atoms with Gasteiger partial charge in [0.1, 0.15) is 0 Å². The van der Waals surface area contributed by atoms with Gasteiger partial charge in [-0.25, -0.2) is 0 Å². The molecule has 0 aliphatic carbocycles. The zero-order chi connectivity index (χ0) is 16.9. The largest absolute Gasteiger partial charge is 0.416 e. The summed E-state index contributed by atoms with van der Waals surface area (Å²) in [5.41, 5.74) is 0.829. The highest BCUT2D eigenvalue weighted by molar-refractivity contribution is 6.04. The Bertz CT molecular complexity index is 680. The molecule has 0 aliphatic rings. The Morgan fingerprint density at radius 2 is 1.83 bits per heavy atom. The standard InChI is InChI=1S/C18H18F3NO/c1-2-3-6-13-7-4-10-16(11-13)22-17(23)14-8-5-9-15(12-14)18(19,20)21/h4-5,7-12H,2-3,6H2,1H3,(H,22,23). The van der Waals surface area contributed by atoms with Crippen molar-refractivity contribution in [3.8, 4) is 0 Å². The number of benzene rings is 2. The number of hydrogen-bond donors (Lipinski definition) is 1. The number of unbranched alkanes of at least 4 members (excludes halogenated alkanes) is 1. The summed E-state index contributed by atoms with van der Waals surface area (Å²) in [4.78, 5) is 12.1. The first-order valence-corrected chi connectivity index (χ1v) is 7.47. The van der Waals surface area contributed by atoms with Crippen LogP contribution in [0.5, 0.6) is 0 Å². The number of halogens is 3. The van der Waals surface area contributed by atoms with Crippen molar-refractivity contribution in [1.82, 2.24) is 0 Å². The molecule has 2 rings (SSSR count). The molecular weight excluding hydrogens is 303 g/mol. The van der Waals surface area contributed by atoms with Crippen LogP contribution in [0, 0.1) is 0 Å². The molecule has 2 aromatic rings. The minimum atomic E-state index is -4.46. The molecule has 0 radical (unpaired) electrons. The van der Waals surface area contributed by atoms with Gasteiger partial charge in [0.05, 0.1) is 5.56 Å². The van der Waals surface area contributed by atoms with Gasteiger partial charge in [-0.1, -0.05) is 31.5 Å². The Morgan fingerprint density at radius 3 is 2.52 bits per heavy atom. The second-order valence-electron chi connectivity index (χ2n) is 5.34. The van der Waals surface area contributed by atoms with E-state index in [0.29, 0.717) is 5.69 Å². The van der Waals surface area contributed by atoms with E-state index in [1.165, 1.54) is 12.1 Å². The van der Waals surface area contributed by atoms with E-state index < -0.39 is 17.6 Å². The lowest BCUT2D eigenvalue weighted by Gasteiger charge is -2.10. The van der Waals surface area contributed by atoms with Crippen LogP contribution in [-0.4, -0.2) is 5.91 Å². The number of aryl methyl sites for hydroxylation is 1. The van der Waals surface area contributed by atoms with Crippen LogP contribution in [-0.2, 0) is 12.6 Å². The van der Waals surface area contributed by atoms with Gasteiger partial charge in [0.25, 0.3) is 5.91 Å². The van der Waals surface area contributed by atoms with Crippen molar-refractivity contribution in [2.24, 2.45) is 0 Å². The number of carbonyl (C=O) groups excluding carboxylic acids is 1. The number of amides is 1. The third-order valence-corrected chi connectivity index (χ3v) is 3.46. The summed E-state index contributed by atoms with van der Waals surface area (Å²) >= 11 is 0. The van der Waals surface area contributed by atoms with Gasteiger partial charge < -0.3 is 5.32 Å². The van der Waals surface area contributed by atoms with Gasteiger partial charge in [0, 0.05) is 11.3 Å². The summed E-state index contributed by atoms with van der Waals surface area (Å²) in [7, 11) is 0. The molecule has 5 heteroatoms. The first kappa shape index (κ1) is 17.1. The quantitative estimate of drug-likeness (QED) is 0.795. The Hall–Kier alpha value is -2.30. The Labute approximate surface area is 133 Å². The number of hydrogen-bond acceptors (Lipinski definition) is 1. The van der Waals surface area contributed by atoms with Crippen LogP contribution in [0.15, 0.2) is 48.5 Å². The van der Waals surface area contributed by atoms with E-state index in [0.717, 1.165) is 37.0 Å². The summed E-state index contributed by atoms with van der Waals surface area (Å²) in [5.74, 6) is -0.552. The zero-order valence-electron chi connectivity index (χ0n) is 12.8. The smallest absolute Gasteiger partial charge is 0.322 e. The van der Waals surface area contributed by atoms with Crippen molar-refractivity contribution < 1.29 is 18.0 Å². The minimum Gasteiger partial charge on any atom is -0.322 e. The number of alkyl halides is 3. The lowest BCUT2D eigenvalue weighted by atomic mass is 10.1. The zero-order valence-corrected chi connectivity index (χ0v) is 12.8. The van der Waals surface area contributed by atoms with E-state index in [1.807, 2.05) is 18.2 Å². The number of anilines is 1. The molecule has 1 N–H and O–H groups in total. The molecule has 0 fully saturated rings. The van der Waals surface area contributed by atoms with Crippen molar-refractivity contribution in [3.63, 3.8) is 0 Å². The normalized spacial score (nSPS) is 11.3. The first-order chi connectivity index (χ1) is 10.9. The first-order valence-electron chi connectivity index (χ1n) is 7.47. The van der Waals surface area contributed by atoms with Gasteiger partial charge >= 0.3 is 6.18 Å². The maximum absolute atomic E-state index is 12.7. The average molecular weight is 321 g/mol. The highest BCUT2D eigenvalue weighted by atomic mass is 19.4. The lowest BCUT2D eigenvalue weighted by Crippen LogP contribution is -2.14. The molecule has 0 atom stereocenters. The molecule has 0 unspecified atom stereocenters. The third kappa shape index (κ3) is 4.84. The summed E-state index contributed by atoms with van der Waals surface area (Å²) in [6.45, 7) is 2.10. The molecule has 0 saturated carbocycles. The SMILES string of the molecule is CCCCc1cccc(NC(=O)c2cccc(C(F)(F)F)c2)c1. The van der Waals surface area contributed by atoms with Gasteiger partial charge in [0.15, 0.2) is 0 Å². The molecule has 0 spiro atoms. The van der Waals surface area contributed by atoms with Crippen LogP contribution in [0.25, 0.3) is 0 Å². The van der Waals surface area contributed by atoms with Gasteiger partial charge in [-0.15, -0.1) is 0 Å². The molecule has 0 saturated heterocycles. The van der Waals surface area contributed by atoms with E-state index >= 15 is 0 Å². The molecule has 0 bridgehead atoms. The van der Waals surface area contributed by atoms with Crippen LogP contribution >= 0.6 is 0 Å². The lowest BCUT2D eigenvalue weighted by molar-refractivity contribution is -0.137.